The molecule has 0 spiro atoms. The molecule has 0 bridgehead atoms. The number of hydrogen-bond acceptors (Lipinski definition) is 6. The van der Waals surface area contributed by atoms with E-state index in [0.717, 1.165) is 57.8 Å². The molecule has 0 aromatic heterocycles. The molecule has 0 amide bonds. The zero-order chi connectivity index (χ0) is 40.7. The lowest BCUT2D eigenvalue weighted by Gasteiger charge is -2.31. The van der Waals surface area contributed by atoms with Gasteiger partial charge in [0.25, 0.3) is 0 Å². The van der Waals surface area contributed by atoms with Gasteiger partial charge in [-0.05, 0) is 70.6 Å². The highest BCUT2D eigenvalue weighted by molar-refractivity contribution is 5.72. The molecule has 0 saturated heterocycles. The van der Waals surface area contributed by atoms with Gasteiger partial charge in [-0.2, -0.15) is 0 Å². The maximum absolute atomic E-state index is 12.7. The highest BCUT2D eigenvalue weighted by Crippen LogP contribution is 2.12. The number of quaternary nitrogens is 1. The van der Waals surface area contributed by atoms with Crippen LogP contribution in [-0.4, -0.2) is 80.6 Å². The van der Waals surface area contributed by atoms with Gasteiger partial charge in [-0.1, -0.05) is 138 Å². The monoisotopic (exact) mass is 771 g/mol. The van der Waals surface area contributed by atoms with Crippen molar-refractivity contribution in [2.75, 3.05) is 41.0 Å². The summed E-state index contributed by atoms with van der Waals surface area (Å²) in [4.78, 5) is 36.9. The van der Waals surface area contributed by atoms with Crippen LogP contribution in [0.2, 0.25) is 0 Å². The molecule has 0 aliphatic carbocycles. The second kappa shape index (κ2) is 37.7. The van der Waals surface area contributed by atoms with E-state index < -0.39 is 24.1 Å². The van der Waals surface area contributed by atoms with E-state index in [9.17, 15) is 19.5 Å². The largest absolute Gasteiger partial charge is 0.477 e. The molecule has 0 fully saturated rings. The fourth-order valence-corrected chi connectivity index (χ4v) is 5.78. The summed E-state index contributed by atoms with van der Waals surface area (Å²) in [6.07, 6.45) is 46.8. The number of aliphatic carboxylic acids is 1. The van der Waals surface area contributed by atoms with Gasteiger partial charge < -0.3 is 23.8 Å². The fourth-order valence-electron chi connectivity index (χ4n) is 5.78. The normalized spacial score (nSPS) is 13.7. The molecule has 0 aromatic rings. The Bertz CT molecular complexity index is 1130. The molecule has 0 heterocycles. The van der Waals surface area contributed by atoms with Crippen LogP contribution in [0.1, 0.15) is 155 Å². The van der Waals surface area contributed by atoms with Crippen LogP contribution in [-0.2, 0) is 28.6 Å². The van der Waals surface area contributed by atoms with Crippen molar-refractivity contribution in [2.45, 2.75) is 167 Å². The third-order valence-corrected chi connectivity index (χ3v) is 9.10. The van der Waals surface area contributed by atoms with Gasteiger partial charge in [0.15, 0.2) is 12.1 Å². The first-order valence-corrected chi connectivity index (χ1v) is 21.5. The number of hydrogen-bond donors (Lipinski definition) is 1. The number of esters is 2. The summed E-state index contributed by atoms with van der Waals surface area (Å²) < 4.78 is 17.2. The number of unbranched alkanes of at least 4 members (excludes halogenated alkanes) is 11. The minimum Gasteiger partial charge on any atom is -0.477 e. The first kappa shape index (κ1) is 51.8. The lowest BCUT2D eigenvalue weighted by Crippen LogP contribution is -2.50. The van der Waals surface area contributed by atoms with E-state index in [0.29, 0.717) is 19.3 Å². The molecule has 1 N–H and O–H groups in total. The second-order valence-electron chi connectivity index (χ2n) is 15.2. The molecule has 0 aromatic carbocycles. The number of rotatable bonds is 37. The van der Waals surface area contributed by atoms with Gasteiger partial charge in [0.1, 0.15) is 6.61 Å². The van der Waals surface area contributed by atoms with Crippen molar-refractivity contribution in [3.63, 3.8) is 0 Å². The van der Waals surface area contributed by atoms with E-state index in [1.807, 2.05) is 33.3 Å². The summed E-state index contributed by atoms with van der Waals surface area (Å²) in [6.45, 7) is 4.50. The molecule has 8 heteroatoms. The average Bonchev–Trinajstić information content (AvgIpc) is 3.14. The summed E-state index contributed by atoms with van der Waals surface area (Å²) in [5, 5.41) is 9.60. The maximum atomic E-state index is 12.7. The molecule has 0 rings (SSSR count). The summed E-state index contributed by atoms with van der Waals surface area (Å²) in [5.74, 6) is -1.59. The molecule has 2 unspecified atom stereocenters. The van der Waals surface area contributed by atoms with E-state index in [4.69, 9.17) is 14.2 Å². The average molecular weight is 771 g/mol. The topological polar surface area (TPSA) is 99.1 Å². The van der Waals surface area contributed by atoms with Crippen molar-refractivity contribution in [3.8, 4) is 0 Å². The van der Waals surface area contributed by atoms with Crippen LogP contribution in [0.15, 0.2) is 72.9 Å². The molecule has 8 nitrogen and oxygen atoms in total. The zero-order valence-corrected chi connectivity index (χ0v) is 35.6. The molecule has 0 radical (unpaired) electrons. The van der Waals surface area contributed by atoms with Crippen molar-refractivity contribution in [1.29, 1.82) is 0 Å². The molecule has 2 atom stereocenters. The second-order valence-corrected chi connectivity index (χ2v) is 15.2. The van der Waals surface area contributed by atoms with Crippen molar-refractivity contribution in [3.05, 3.63) is 72.9 Å². The van der Waals surface area contributed by atoms with Gasteiger partial charge in [0, 0.05) is 19.3 Å². The van der Waals surface area contributed by atoms with Gasteiger partial charge in [-0.25, -0.2) is 4.79 Å². The summed E-state index contributed by atoms with van der Waals surface area (Å²) in [5.41, 5.74) is 0. The maximum Gasteiger partial charge on any atom is 0.362 e. The summed E-state index contributed by atoms with van der Waals surface area (Å²) >= 11 is 0. The Morgan fingerprint density at radius 1 is 0.564 bits per heavy atom. The molecule has 0 saturated carbocycles. The van der Waals surface area contributed by atoms with Crippen molar-refractivity contribution in [2.24, 2.45) is 0 Å². The van der Waals surface area contributed by atoms with E-state index in [1.165, 1.54) is 57.8 Å². The third kappa shape index (κ3) is 36.2. The number of ether oxygens (including phenoxy) is 3. The van der Waals surface area contributed by atoms with Crippen LogP contribution in [0.5, 0.6) is 0 Å². The van der Waals surface area contributed by atoms with Crippen LogP contribution in [0.4, 0.5) is 0 Å². The van der Waals surface area contributed by atoms with E-state index >= 15 is 0 Å². The number of carbonyl (C=O) groups excluding carboxylic acids is 2. The SMILES string of the molecule is CC/C=C\C/C=C\C/C=C\C/C=C\CCC(=O)OC(COCCC(C(=O)O)[N+](C)(C)C)COC(=O)CCCCCCCCC/C=C\C/C=C\CCCCCC. The first-order valence-electron chi connectivity index (χ1n) is 21.5. The van der Waals surface area contributed by atoms with Gasteiger partial charge >= 0.3 is 17.9 Å². The molecule has 0 aliphatic rings. The number of carboxylic acids is 1. The van der Waals surface area contributed by atoms with Gasteiger partial charge in [0.2, 0.25) is 0 Å². The molecule has 0 aliphatic heterocycles. The van der Waals surface area contributed by atoms with Gasteiger partial charge in [-0.15, -0.1) is 0 Å². The molecular formula is C47H80NO7+. The fraction of sp³-hybridized carbons (Fsp3) is 0.681. The van der Waals surface area contributed by atoms with Crippen molar-refractivity contribution in [1.82, 2.24) is 0 Å². The van der Waals surface area contributed by atoms with Crippen LogP contribution < -0.4 is 0 Å². The number of carbonyl (C=O) groups is 3. The molecular weight excluding hydrogens is 691 g/mol. The Hall–Kier alpha value is -3.23. The summed E-state index contributed by atoms with van der Waals surface area (Å²) in [7, 11) is 5.49. The first-order chi connectivity index (χ1) is 26.6. The van der Waals surface area contributed by atoms with E-state index in [1.54, 1.807) is 0 Å². The smallest absolute Gasteiger partial charge is 0.362 e. The zero-order valence-electron chi connectivity index (χ0n) is 35.6. The lowest BCUT2D eigenvalue weighted by molar-refractivity contribution is -0.887. The minimum absolute atomic E-state index is 0.0263. The van der Waals surface area contributed by atoms with Crippen LogP contribution in [0.25, 0.3) is 0 Å². The third-order valence-electron chi connectivity index (χ3n) is 9.10. The predicted octanol–water partition coefficient (Wildman–Crippen LogP) is 11.6. The Kier molecular flexibility index (Phi) is 35.5. The summed E-state index contributed by atoms with van der Waals surface area (Å²) in [6, 6.07) is -0.630. The molecule has 314 valence electrons. The Morgan fingerprint density at radius 3 is 1.58 bits per heavy atom. The number of carboxylic acid groups (broad SMARTS) is 1. The number of nitrogens with zero attached hydrogens (tertiary/aromatic N) is 1. The van der Waals surface area contributed by atoms with Crippen molar-refractivity contribution >= 4 is 17.9 Å². The van der Waals surface area contributed by atoms with Gasteiger partial charge in [0.05, 0.1) is 34.4 Å². The Balaban J connectivity index is 4.44. The van der Waals surface area contributed by atoms with Crippen LogP contribution >= 0.6 is 0 Å². The van der Waals surface area contributed by atoms with Gasteiger partial charge in [-0.3, -0.25) is 9.59 Å². The highest BCUT2D eigenvalue weighted by Gasteiger charge is 2.31. The number of allylic oxidation sites excluding steroid dienone is 12. The highest BCUT2D eigenvalue weighted by atomic mass is 16.6. The van der Waals surface area contributed by atoms with Crippen LogP contribution in [0.3, 0.4) is 0 Å². The van der Waals surface area contributed by atoms with Crippen molar-refractivity contribution < 1.29 is 38.2 Å². The standard InChI is InChI=1S/C47H79NO7/c1-6-8-10-12-14-16-18-20-21-22-23-24-26-27-29-31-33-35-37-45(49)54-42-43(41-53-40-39-44(47(51)52)48(3,4)5)55-46(50)38-36-34-32-30-28-25-19-17-15-13-11-9-7-2/h9,11,15-18,21-22,25,28,32,34,43-44H,6-8,10,12-14,19-20,23-24,26-27,29-31,33,35-42H2,1-5H3/p+1/b11-9-,17-15-,18-16-,22-21-,28-25-,34-32-. The lowest BCUT2D eigenvalue weighted by atomic mass is 10.1. The van der Waals surface area contributed by atoms with E-state index in [-0.39, 0.29) is 36.7 Å². The Labute approximate surface area is 336 Å². The quantitative estimate of drug-likeness (QED) is 0.0291. The minimum atomic E-state index is -0.890. The number of likely N-dealkylation sites (N-methyl/N-ethyl adjacent to an activating group) is 1. The van der Waals surface area contributed by atoms with E-state index in [2.05, 4.69) is 74.6 Å². The predicted molar refractivity (Wildman–Crippen MR) is 229 cm³/mol. The Morgan fingerprint density at radius 2 is 1.05 bits per heavy atom. The van der Waals surface area contributed by atoms with Crippen LogP contribution in [0, 0.1) is 0 Å². The molecule has 55 heavy (non-hydrogen) atoms.